The molecule has 2 aromatic heterocycles. The van der Waals surface area contributed by atoms with Crippen molar-refractivity contribution in [3.63, 3.8) is 0 Å². The minimum atomic E-state index is -0.475. The fourth-order valence-electron chi connectivity index (χ4n) is 4.91. The van der Waals surface area contributed by atoms with Gasteiger partial charge in [0.15, 0.2) is 0 Å². The van der Waals surface area contributed by atoms with Crippen molar-refractivity contribution >= 4 is 33.7 Å². The third-order valence-corrected chi connectivity index (χ3v) is 7.41. The lowest BCUT2D eigenvalue weighted by Crippen LogP contribution is -2.43. The molecule has 5 aromatic rings. The van der Waals surface area contributed by atoms with Crippen molar-refractivity contribution in [3.8, 4) is 0 Å². The smallest absolute Gasteiger partial charge is 0.357 e. The average Bonchev–Trinajstić information content (AvgIpc) is 3.40. The van der Waals surface area contributed by atoms with Crippen LogP contribution in [0.25, 0.3) is 21.8 Å². The monoisotopic (exact) mass is 549 g/mol. The summed E-state index contributed by atoms with van der Waals surface area (Å²) in [5, 5.41) is 5.33. The maximum absolute atomic E-state index is 13.1. The number of H-pyrrole nitrogens is 1. The van der Waals surface area contributed by atoms with E-state index >= 15 is 0 Å². The third-order valence-electron chi connectivity index (χ3n) is 7.41. The molecule has 3 aromatic carbocycles. The molecule has 41 heavy (non-hydrogen) atoms. The van der Waals surface area contributed by atoms with E-state index < -0.39 is 12.0 Å². The number of rotatable bonds is 12. The van der Waals surface area contributed by atoms with Crippen LogP contribution in [0, 0.1) is 5.92 Å². The van der Waals surface area contributed by atoms with Crippen LogP contribution in [0.5, 0.6) is 0 Å². The fraction of sp³-hybridized carbons (Fsp3) is 0.265. The first-order valence-electron chi connectivity index (χ1n) is 14.1. The number of pyridine rings is 1. The van der Waals surface area contributed by atoms with Gasteiger partial charge in [-0.25, -0.2) is 9.78 Å². The predicted molar refractivity (Wildman–Crippen MR) is 160 cm³/mol. The Labute approximate surface area is 239 Å². The van der Waals surface area contributed by atoms with Crippen molar-refractivity contribution in [1.29, 1.82) is 0 Å². The molecule has 7 nitrogen and oxygen atoms in total. The number of esters is 2. The zero-order chi connectivity index (χ0) is 28.6. The van der Waals surface area contributed by atoms with E-state index in [1.54, 1.807) is 6.07 Å². The summed E-state index contributed by atoms with van der Waals surface area (Å²) in [5.74, 6) is -0.666. The van der Waals surface area contributed by atoms with Crippen LogP contribution in [-0.2, 0) is 33.9 Å². The normalized spacial score (nSPS) is 12.7. The molecule has 0 amide bonds. The highest BCUT2D eigenvalue weighted by Crippen LogP contribution is 2.28. The topological polar surface area (TPSA) is 93.3 Å². The Morgan fingerprint density at radius 1 is 0.854 bits per heavy atom. The van der Waals surface area contributed by atoms with Gasteiger partial charge in [0, 0.05) is 29.3 Å². The first kappa shape index (κ1) is 28.1. The van der Waals surface area contributed by atoms with E-state index in [0.29, 0.717) is 13.0 Å². The molecule has 2 N–H and O–H groups in total. The number of carbonyl (C=O) groups excluding carboxylic acids is 2. The minimum Gasteiger partial charge on any atom is -0.460 e. The summed E-state index contributed by atoms with van der Waals surface area (Å²) in [6.07, 6.45) is 1.33. The molecule has 0 saturated heterocycles. The van der Waals surface area contributed by atoms with Crippen LogP contribution in [0.3, 0.4) is 0 Å². The highest BCUT2D eigenvalue weighted by Gasteiger charge is 2.25. The van der Waals surface area contributed by atoms with Gasteiger partial charge in [-0.3, -0.25) is 4.79 Å². The number of aromatic nitrogens is 2. The van der Waals surface area contributed by atoms with E-state index in [1.165, 1.54) is 0 Å². The molecule has 0 aliphatic heterocycles. The van der Waals surface area contributed by atoms with Crippen LogP contribution < -0.4 is 5.32 Å². The number of para-hydroxylation sites is 1. The largest absolute Gasteiger partial charge is 0.460 e. The Kier molecular flexibility index (Phi) is 9.06. The maximum Gasteiger partial charge on any atom is 0.357 e. The summed E-state index contributed by atoms with van der Waals surface area (Å²) < 4.78 is 11.3. The summed E-state index contributed by atoms with van der Waals surface area (Å²) in [6, 6.07) is 28.6. The van der Waals surface area contributed by atoms with E-state index in [4.69, 9.17) is 14.5 Å². The van der Waals surface area contributed by atoms with Crippen molar-refractivity contribution in [1.82, 2.24) is 15.3 Å². The second kappa shape index (κ2) is 13.2. The molecule has 0 aliphatic carbocycles. The zero-order valence-corrected chi connectivity index (χ0v) is 23.4. The van der Waals surface area contributed by atoms with Crippen LogP contribution in [-0.4, -0.2) is 34.5 Å². The quantitative estimate of drug-likeness (QED) is 0.176. The van der Waals surface area contributed by atoms with Crippen molar-refractivity contribution in [2.24, 2.45) is 5.92 Å². The number of benzene rings is 3. The van der Waals surface area contributed by atoms with Crippen molar-refractivity contribution in [2.75, 3.05) is 6.54 Å². The lowest BCUT2D eigenvalue weighted by molar-refractivity contribution is -0.149. The van der Waals surface area contributed by atoms with Crippen LogP contribution in [0.2, 0.25) is 0 Å². The van der Waals surface area contributed by atoms with Gasteiger partial charge < -0.3 is 19.8 Å². The highest BCUT2D eigenvalue weighted by molar-refractivity contribution is 6.09. The number of ether oxygens (including phenoxy) is 2. The molecule has 0 bridgehead atoms. The van der Waals surface area contributed by atoms with Crippen molar-refractivity contribution in [3.05, 3.63) is 114 Å². The molecular weight excluding hydrogens is 514 g/mol. The van der Waals surface area contributed by atoms with Crippen molar-refractivity contribution < 1.29 is 19.1 Å². The van der Waals surface area contributed by atoms with Gasteiger partial charge >= 0.3 is 11.9 Å². The highest BCUT2D eigenvalue weighted by atomic mass is 16.5. The van der Waals surface area contributed by atoms with Gasteiger partial charge in [-0.05, 0) is 29.2 Å². The summed E-state index contributed by atoms with van der Waals surface area (Å²) in [7, 11) is 0. The number of aromatic amines is 1. The molecule has 5 rings (SSSR count). The number of hydrogen-bond donors (Lipinski definition) is 2. The van der Waals surface area contributed by atoms with Gasteiger partial charge in [-0.2, -0.15) is 0 Å². The number of fused-ring (bicyclic) bond motifs is 3. The van der Waals surface area contributed by atoms with Gasteiger partial charge in [0.1, 0.15) is 24.9 Å². The molecule has 2 atom stereocenters. The summed E-state index contributed by atoms with van der Waals surface area (Å²) in [6.45, 7) is 4.99. The number of carbonyl (C=O) groups is 2. The summed E-state index contributed by atoms with van der Waals surface area (Å²) in [4.78, 5) is 34.3. The number of nitrogens with zero attached hydrogens (tertiary/aromatic N) is 1. The number of hydrogen-bond acceptors (Lipinski definition) is 6. The molecule has 2 heterocycles. The maximum atomic E-state index is 13.1. The van der Waals surface area contributed by atoms with Gasteiger partial charge in [0.2, 0.25) is 0 Å². The van der Waals surface area contributed by atoms with Crippen LogP contribution in [0.4, 0.5) is 0 Å². The van der Waals surface area contributed by atoms with E-state index in [2.05, 4.69) is 17.2 Å². The Balaban J connectivity index is 1.34. The molecule has 0 radical (unpaired) electrons. The second-order valence-electron chi connectivity index (χ2n) is 10.3. The molecular formula is C34H35N3O4. The van der Waals surface area contributed by atoms with Crippen LogP contribution in [0.1, 0.15) is 47.6 Å². The van der Waals surface area contributed by atoms with E-state index in [-0.39, 0.29) is 30.8 Å². The third kappa shape index (κ3) is 6.81. The molecule has 0 saturated carbocycles. The molecule has 0 spiro atoms. The lowest BCUT2D eigenvalue weighted by atomic mass is 9.99. The Morgan fingerprint density at radius 3 is 2.17 bits per heavy atom. The average molecular weight is 550 g/mol. The lowest BCUT2D eigenvalue weighted by Gasteiger charge is -2.23. The summed E-state index contributed by atoms with van der Waals surface area (Å²) in [5.41, 5.74) is 4.70. The van der Waals surface area contributed by atoms with Crippen molar-refractivity contribution in [2.45, 2.75) is 45.9 Å². The van der Waals surface area contributed by atoms with Gasteiger partial charge in [-0.15, -0.1) is 0 Å². The summed E-state index contributed by atoms with van der Waals surface area (Å²) >= 11 is 0. The second-order valence-corrected chi connectivity index (χ2v) is 10.3. The predicted octanol–water partition coefficient (Wildman–Crippen LogP) is 6.36. The molecule has 0 aliphatic rings. The van der Waals surface area contributed by atoms with Gasteiger partial charge in [-0.1, -0.05) is 99.1 Å². The Hall–Kier alpha value is -4.49. The van der Waals surface area contributed by atoms with E-state index in [1.807, 2.05) is 91.9 Å². The van der Waals surface area contributed by atoms with Crippen LogP contribution in [0.15, 0.2) is 91.0 Å². The Bertz CT molecular complexity index is 1620. The SMILES string of the molecule is CC[C@H](C)[C@H](NCCc1nc(C(=O)OCc2ccccc2)cc2c1[nH]c1ccccc12)C(=O)OCc1ccccc1. The number of nitrogens with one attached hydrogen (secondary N) is 2. The Morgan fingerprint density at radius 2 is 1.49 bits per heavy atom. The molecule has 0 unspecified atom stereocenters. The van der Waals surface area contributed by atoms with Gasteiger partial charge in [0.25, 0.3) is 0 Å². The van der Waals surface area contributed by atoms with E-state index in [9.17, 15) is 9.59 Å². The van der Waals surface area contributed by atoms with Crippen LogP contribution >= 0.6 is 0 Å². The van der Waals surface area contributed by atoms with E-state index in [0.717, 1.165) is 45.0 Å². The fourth-order valence-corrected chi connectivity index (χ4v) is 4.91. The standard InChI is InChI=1S/C34H35N3O4/c1-3-23(2)31(34(39)41-22-25-14-8-5-9-15-25)35-19-18-29-32-27(26-16-10-11-17-28(26)37-32)20-30(36-29)33(38)40-21-24-12-6-4-7-13-24/h4-17,20,23,31,35,37H,3,18-19,21-22H2,1-2H3/t23-,31-/m0/s1. The van der Waals surface area contributed by atoms with Gasteiger partial charge in [0.05, 0.1) is 11.2 Å². The molecule has 210 valence electrons. The minimum absolute atomic E-state index is 0.0821. The molecule has 0 fully saturated rings. The molecule has 7 heteroatoms. The first-order valence-corrected chi connectivity index (χ1v) is 14.1. The first-order chi connectivity index (χ1) is 20.0. The zero-order valence-electron chi connectivity index (χ0n) is 23.4.